The number of nitrogens with zero attached hydrogens (tertiary/aromatic N) is 5. The minimum absolute atomic E-state index is 0.599. The number of thioether (sulfide) groups is 1. The van der Waals surface area contributed by atoms with Gasteiger partial charge < -0.3 is 0 Å². The number of pyridine rings is 1. The van der Waals surface area contributed by atoms with E-state index in [1.807, 2.05) is 31.9 Å². The lowest BCUT2D eigenvalue weighted by molar-refractivity contribution is 0.768. The number of aryl methyl sites for hydroxylation is 1. The summed E-state index contributed by atoms with van der Waals surface area (Å²) in [4.78, 5) is 1.04. The quantitative estimate of drug-likeness (QED) is 0.670. The van der Waals surface area contributed by atoms with Crippen LogP contribution in [-0.2, 0) is 7.05 Å². The minimum Gasteiger partial charge on any atom is -0.275 e. The lowest BCUT2D eigenvalue weighted by Gasteiger charge is -2.05. The van der Waals surface area contributed by atoms with Gasteiger partial charge in [-0.2, -0.15) is 15.5 Å². The molecular weight excluding hydrogens is 258 g/mol. The van der Waals surface area contributed by atoms with Gasteiger partial charge >= 0.3 is 0 Å². The van der Waals surface area contributed by atoms with Crippen molar-refractivity contribution in [3.63, 3.8) is 0 Å². The molecule has 3 rings (SSSR count). The average Bonchev–Trinajstić information content (AvgIpc) is 3.03. The van der Waals surface area contributed by atoms with Gasteiger partial charge in [0.05, 0.1) is 23.5 Å². The lowest BCUT2D eigenvalue weighted by atomic mass is 10.1. The molecule has 5 nitrogen and oxygen atoms in total. The van der Waals surface area contributed by atoms with Gasteiger partial charge in [0.25, 0.3) is 0 Å². The Morgan fingerprint density at radius 3 is 2.68 bits per heavy atom. The highest BCUT2D eigenvalue weighted by Crippen LogP contribution is 2.29. The molecule has 0 aliphatic heterocycles. The van der Waals surface area contributed by atoms with Gasteiger partial charge in [-0.3, -0.25) is 4.68 Å². The lowest BCUT2D eigenvalue weighted by Crippen LogP contribution is -1.91. The largest absolute Gasteiger partial charge is 0.275 e. The first-order valence-electron chi connectivity index (χ1n) is 5.67. The Hall–Kier alpha value is -2.26. The van der Waals surface area contributed by atoms with Crippen molar-refractivity contribution in [3.05, 3.63) is 36.4 Å². The maximum absolute atomic E-state index is 9.11. The normalized spacial score (nSPS) is 10.8. The predicted molar refractivity (Wildman–Crippen MR) is 73.9 cm³/mol. The summed E-state index contributed by atoms with van der Waals surface area (Å²) in [6.07, 6.45) is 9.30. The van der Waals surface area contributed by atoms with Crippen molar-refractivity contribution in [2.75, 3.05) is 6.26 Å². The van der Waals surface area contributed by atoms with Crippen molar-refractivity contribution < 1.29 is 0 Å². The third-order valence-corrected chi connectivity index (χ3v) is 3.71. The van der Waals surface area contributed by atoms with Gasteiger partial charge in [-0.25, -0.2) is 4.52 Å². The van der Waals surface area contributed by atoms with Crippen LogP contribution in [-0.4, -0.2) is 25.7 Å². The van der Waals surface area contributed by atoms with E-state index in [9.17, 15) is 0 Å². The summed E-state index contributed by atoms with van der Waals surface area (Å²) < 4.78 is 3.52. The number of hydrogen-bond acceptors (Lipinski definition) is 4. The van der Waals surface area contributed by atoms with E-state index in [0.29, 0.717) is 5.56 Å². The number of hydrogen-bond donors (Lipinski definition) is 0. The van der Waals surface area contributed by atoms with Crippen LogP contribution in [0.3, 0.4) is 0 Å². The highest BCUT2D eigenvalue weighted by Gasteiger charge is 2.11. The molecule has 0 fully saturated rings. The van der Waals surface area contributed by atoms with Crippen LogP contribution < -0.4 is 0 Å². The predicted octanol–water partition coefficient (Wildman–Crippen LogP) is 2.33. The number of rotatable bonds is 2. The van der Waals surface area contributed by atoms with E-state index in [1.54, 1.807) is 27.2 Å². The molecule has 6 heteroatoms. The highest BCUT2D eigenvalue weighted by atomic mass is 32.2. The van der Waals surface area contributed by atoms with Crippen molar-refractivity contribution in [2.45, 2.75) is 4.90 Å². The Labute approximate surface area is 114 Å². The summed E-state index contributed by atoms with van der Waals surface area (Å²) in [6.45, 7) is 0. The zero-order valence-electron chi connectivity index (χ0n) is 10.5. The SMILES string of the molecule is CSc1cc(-c2cnn(C)c2)cn2ncc(C#N)c12. The van der Waals surface area contributed by atoms with E-state index in [2.05, 4.69) is 22.3 Å². The molecule has 0 atom stereocenters. The fourth-order valence-electron chi connectivity index (χ4n) is 2.05. The molecule has 94 valence electrons. The van der Waals surface area contributed by atoms with Crippen LogP contribution in [0.5, 0.6) is 0 Å². The van der Waals surface area contributed by atoms with Crippen molar-refractivity contribution >= 4 is 17.3 Å². The van der Waals surface area contributed by atoms with Crippen LogP contribution >= 0.6 is 11.8 Å². The number of aromatic nitrogens is 4. The van der Waals surface area contributed by atoms with Gasteiger partial charge in [0.2, 0.25) is 0 Å². The minimum atomic E-state index is 0.599. The average molecular weight is 269 g/mol. The molecule has 0 aliphatic rings. The van der Waals surface area contributed by atoms with E-state index < -0.39 is 0 Å². The first kappa shape index (κ1) is 11.8. The first-order valence-corrected chi connectivity index (χ1v) is 6.90. The fraction of sp³-hybridized carbons (Fsp3) is 0.154. The summed E-state index contributed by atoms with van der Waals surface area (Å²) in [7, 11) is 1.89. The molecule has 0 radical (unpaired) electrons. The Bertz CT molecular complexity index is 793. The van der Waals surface area contributed by atoms with E-state index >= 15 is 0 Å². The van der Waals surface area contributed by atoms with Gasteiger partial charge in [-0.1, -0.05) is 0 Å². The summed E-state index contributed by atoms with van der Waals surface area (Å²) >= 11 is 1.61. The first-order chi connectivity index (χ1) is 9.22. The Kier molecular flexibility index (Phi) is 2.76. The molecule has 0 bridgehead atoms. The monoisotopic (exact) mass is 269 g/mol. The molecule has 0 saturated heterocycles. The zero-order chi connectivity index (χ0) is 13.4. The molecule has 3 aromatic rings. The topological polar surface area (TPSA) is 58.9 Å². The smallest absolute Gasteiger partial charge is 0.103 e. The van der Waals surface area contributed by atoms with E-state index in [0.717, 1.165) is 21.5 Å². The summed E-state index contributed by atoms with van der Waals surface area (Å²) in [5.74, 6) is 0. The molecule has 19 heavy (non-hydrogen) atoms. The summed E-state index contributed by atoms with van der Waals surface area (Å²) in [5, 5.41) is 17.5. The fourth-order valence-corrected chi connectivity index (χ4v) is 2.69. The maximum atomic E-state index is 9.11. The van der Waals surface area contributed by atoms with E-state index in [4.69, 9.17) is 5.26 Å². The van der Waals surface area contributed by atoms with Crippen LogP contribution in [0.25, 0.3) is 16.6 Å². The van der Waals surface area contributed by atoms with Crippen LogP contribution in [0.2, 0.25) is 0 Å². The molecule has 0 aromatic carbocycles. The molecule has 0 aliphatic carbocycles. The molecule has 0 unspecified atom stereocenters. The van der Waals surface area contributed by atoms with Crippen LogP contribution in [0.15, 0.2) is 35.7 Å². The van der Waals surface area contributed by atoms with Crippen LogP contribution in [0.4, 0.5) is 0 Å². The molecule has 0 amide bonds. The van der Waals surface area contributed by atoms with Crippen LogP contribution in [0.1, 0.15) is 5.56 Å². The second kappa shape index (κ2) is 4.44. The van der Waals surface area contributed by atoms with Crippen molar-refractivity contribution in [3.8, 4) is 17.2 Å². The molecule has 0 spiro atoms. The molecule has 0 N–H and O–H groups in total. The Morgan fingerprint density at radius 1 is 1.21 bits per heavy atom. The van der Waals surface area contributed by atoms with Gasteiger partial charge in [0.15, 0.2) is 0 Å². The summed E-state index contributed by atoms with van der Waals surface area (Å²) in [6, 6.07) is 4.24. The standard InChI is InChI=1S/C13H11N5S/c1-17-7-11(6-15-17)9-3-12(19-2)13-10(4-14)5-16-18(13)8-9/h3,5-8H,1-2H3. The number of nitriles is 1. The maximum Gasteiger partial charge on any atom is 0.103 e. The van der Waals surface area contributed by atoms with Gasteiger partial charge in [-0.15, -0.1) is 11.8 Å². The van der Waals surface area contributed by atoms with Crippen LogP contribution in [0, 0.1) is 11.3 Å². The molecule has 3 aromatic heterocycles. The molecular formula is C13H11N5S. The van der Waals surface area contributed by atoms with Crippen molar-refractivity contribution in [2.24, 2.45) is 7.05 Å². The highest BCUT2D eigenvalue weighted by molar-refractivity contribution is 7.98. The third kappa shape index (κ3) is 1.88. The van der Waals surface area contributed by atoms with Crippen molar-refractivity contribution in [1.82, 2.24) is 19.4 Å². The second-order valence-electron chi connectivity index (χ2n) is 4.16. The second-order valence-corrected chi connectivity index (χ2v) is 5.01. The molecule has 0 saturated carbocycles. The van der Waals surface area contributed by atoms with Gasteiger partial charge in [0, 0.05) is 35.5 Å². The summed E-state index contributed by atoms with van der Waals surface area (Å²) in [5.41, 5.74) is 3.54. The molecule has 3 heterocycles. The van der Waals surface area contributed by atoms with Gasteiger partial charge in [0.1, 0.15) is 6.07 Å². The van der Waals surface area contributed by atoms with E-state index in [-0.39, 0.29) is 0 Å². The third-order valence-electron chi connectivity index (χ3n) is 2.96. The van der Waals surface area contributed by atoms with E-state index in [1.165, 1.54) is 0 Å². The Balaban J connectivity index is 2.27. The number of fused-ring (bicyclic) bond motifs is 1. The van der Waals surface area contributed by atoms with Gasteiger partial charge in [-0.05, 0) is 12.3 Å². The zero-order valence-corrected chi connectivity index (χ0v) is 11.3. The Morgan fingerprint density at radius 2 is 2.05 bits per heavy atom. The van der Waals surface area contributed by atoms with Crippen molar-refractivity contribution in [1.29, 1.82) is 5.26 Å².